The third kappa shape index (κ3) is 4.39. The van der Waals surface area contributed by atoms with E-state index in [2.05, 4.69) is 31.8 Å². The van der Waals surface area contributed by atoms with Gasteiger partial charge in [-0.25, -0.2) is 4.39 Å². The summed E-state index contributed by atoms with van der Waals surface area (Å²) in [4.78, 5) is 16.7. The van der Waals surface area contributed by atoms with E-state index in [0.29, 0.717) is 12.2 Å². The number of rotatable bonds is 5. The Labute approximate surface area is 174 Å². The van der Waals surface area contributed by atoms with Crippen LogP contribution < -0.4 is 5.32 Å². The number of anilines is 1. The molecule has 0 bridgehead atoms. The second kappa shape index (κ2) is 8.44. The molecule has 1 fully saturated rings. The van der Waals surface area contributed by atoms with Gasteiger partial charge >= 0.3 is 0 Å². The molecule has 0 aliphatic carbocycles. The first-order chi connectivity index (χ1) is 14.0. The van der Waals surface area contributed by atoms with Crippen LogP contribution in [0.2, 0.25) is 0 Å². The summed E-state index contributed by atoms with van der Waals surface area (Å²) in [6.45, 7) is 4.45. The van der Waals surface area contributed by atoms with E-state index in [4.69, 9.17) is 12.2 Å². The van der Waals surface area contributed by atoms with Crippen LogP contribution >= 0.6 is 12.2 Å². The summed E-state index contributed by atoms with van der Waals surface area (Å²) in [5.41, 5.74) is 2.88. The molecule has 4 rings (SSSR count). The number of carbonyl (C=O) groups is 1. The maximum Gasteiger partial charge on any atom is 0.238 e. The van der Waals surface area contributed by atoms with Crippen LogP contribution in [0.4, 0.5) is 10.1 Å². The van der Waals surface area contributed by atoms with Gasteiger partial charge in [-0.2, -0.15) is 0 Å². The van der Waals surface area contributed by atoms with E-state index in [1.54, 1.807) is 12.1 Å². The summed E-state index contributed by atoms with van der Waals surface area (Å²) < 4.78 is 18.0. The normalized spacial score (nSPS) is 15.7. The number of hydrogen-bond donors (Lipinski definition) is 1. The molecular weight excluding hydrogens is 389 g/mol. The zero-order chi connectivity index (χ0) is 20.4. The Morgan fingerprint density at radius 1 is 1.00 bits per heavy atom. The highest BCUT2D eigenvalue weighted by atomic mass is 32.1. The van der Waals surface area contributed by atoms with Gasteiger partial charge in [0.2, 0.25) is 5.91 Å². The number of nitrogens with one attached hydrogen (secondary N) is 1. The molecule has 152 valence electrons. The van der Waals surface area contributed by atoms with Crippen molar-refractivity contribution in [3.8, 4) is 0 Å². The number of nitrogens with zero attached hydrogens (tertiary/aromatic N) is 4. The van der Waals surface area contributed by atoms with Crippen molar-refractivity contribution in [2.75, 3.05) is 38.0 Å². The lowest BCUT2D eigenvalue weighted by Gasteiger charge is -2.34. The predicted molar refractivity (Wildman–Crippen MR) is 115 cm³/mol. The van der Waals surface area contributed by atoms with Crippen molar-refractivity contribution in [2.45, 2.75) is 6.67 Å². The van der Waals surface area contributed by atoms with Crippen LogP contribution in [-0.4, -0.2) is 57.6 Å². The summed E-state index contributed by atoms with van der Waals surface area (Å²) in [6.07, 6.45) is 0. The molecular formula is C21H24FN5OS. The lowest BCUT2D eigenvalue weighted by Crippen LogP contribution is -2.48. The van der Waals surface area contributed by atoms with E-state index in [1.165, 1.54) is 12.1 Å². The molecule has 0 saturated carbocycles. The highest BCUT2D eigenvalue weighted by molar-refractivity contribution is 7.71. The molecule has 1 aliphatic heterocycles. The molecule has 1 aromatic heterocycles. The number of aromatic nitrogens is 2. The Morgan fingerprint density at radius 3 is 2.31 bits per heavy atom. The topological polar surface area (TPSA) is 45.4 Å². The number of hydrogen-bond acceptors (Lipinski definition) is 4. The average Bonchev–Trinajstić information content (AvgIpc) is 2.96. The minimum absolute atomic E-state index is 0.0821. The maximum atomic E-state index is 13.0. The summed E-state index contributed by atoms with van der Waals surface area (Å²) in [5, 5.41) is 2.82. The summed E-state index contributed by atoms with van der Waals surface area (Å²) in [5.74, 6) is -0.397. The fourth-order valence-corrected chi connectivity index (χ4v) is 3.98. The van der Waals surface area contributed by atoms with Crippen LogP contribution in [0.25, 0.3) is 11.0 Å². The quantitative estimate of drug-likeness (QED) is 0.653. The number of fused-ring (bicyclic) bond motifs is 1. The van der Waals surface area contributed by atoms with Gasteiger partial charge in [-0.05, 0) is 48.6 Å². The van der Waals surface area contributed by atoms with Crippen molar-refractivity contribution in [2.24, 2.45) is 7.05 Å². The van der Waals surface area contributed by atoms with E-state index >= 15 is 0 Å². The second-order valence-corrected chi connectivity index (χ2v) is 7.71. The van der Waals surface area contributed by atoms with E-state index in [9.17, 15) is 9.18 Å². The Hall–Kier alpha value is -2.55. The smallest absolute Gasteiger partial charge is 0.238 e. The first kappa shape index (κ1) is 19.8. The van der Waals surface area contributed by atoms with Gasteiger partial charge in [0.25, 0.3) is 0 Å². The van der Waals surface area contributed by atoms with Crippen molar-refractivity contribution in [1.29, 1.82) is 0 Å². The number of imidazole rings is 1. The number of piperazine rings is 1. The molecule has 6 nitrogen and oxygen atoms in total. The molecule has 2 aromatic carbocycles. The van der Waals surface area contributed by atoms with Crippen molar-refractivity contribution in [1.82, 2.24) is 18.9 Å². The molecule has 0 radical (unpaired) electrons. The standard InChI is InChI=1S/C21H24FN5OS/c1-24-18-4-2-3-5-19(18)27(21(24)29)15-26-12-10-25(11-13-26)14-20(28)23-17-8-6-16(22)7-9-17/h2-9H,10-15H2,1H3,(H,23,28). The Morgan fingerprint density at radius 2 is 1.62 bits per heavy atom. The van der Waals surface area contributed by atoms with Crippen LogP contribution in [0.15, 0.2) is 48.5 Å². The minimum atomic E-state index is -0.314. The van der Waals surface area contributed by atoms with Gasteiger partial charge < -0.3 is 14.5 Å². The third-order valence-corrected chi connectivity index (χ3v) is 5.85. The average molecular weight is 414 g/mol. The molecule has 2 heterocycles. The molecule has 0 unspecified atom stereocenters. The lowest BCUT2D eigenvalue weighted by molar-refractivity contribution is -0.117. The highest BCUT2D eigenvalue weighted by Crippen LogP contribution is 2.18. The van der Waals surface area contributed by atoms with Gasteiger partial charge in [0.1, 0.15) is 5.82 Å². The van der Waals surface area contributed by atoms with Gasteiger partial charge in [0, 0.05) is 38.9 Å². The molecule has 1 aliphatic rings. The third-order valence-electron chi connectivity index (χ3n) is 5.35. The van der Waals surface area contributed by atoms with E-state index in [1.807, 2.05) is 23.7 Å². The van der Waals surface area contributed by atoms with Gasteiger partial charge in [-0.1, -0.05) is 12.1 Å². The van der Waals surface area contributed by atoms with Gasteiger partial charge in [-0.15, -0.1) is 0 Å². The predicted octanol–water partition coefficient (Wildman–Crippen LogP) is 3.06. The number of amides is 1. The second-order valence-electron chi connectivity index (χ2n) is 7.35. The summed E-state index contributed by atoms with van der Waals surface area (Å²) in [6, 6.07) is 14.1. The Kier molecular flexibility index (Phi) is 5.75. The molecule has 1 amide bonds. The monoisotopic (exact) mass is 413 g/mol. The minimum Gasteiger partial charge on any atom is -0.325 e. The van der Waals surface area contributed by atoms with Crippen molar-refractivity contribution in [3.63, 3.8) is 0 Å². The molecule has 1 N–H and O–H groups in total. The van der Waals surface area contributed by atoms with Crippen LogP contribution in [-0.2, 0) is 18.5 Å². The number of aryl methyl sites for hydroxylation is 1. The van der Waals surface area contributed by atoms with Crippen LogP contribution in [0.1, 0.15) is 0 Å². The fraction of sp³-hybridized carbons (Fsp3) is 0.333. The number of para-hydroxylation sites is 2. The van der Waals surface area contributed by atoms with Gasteiger partial charge in [0.15, 0.2) is 4.77 Å². The van der Waals surface area contributed by atoms with Gasteiger partial charge in [-0.3, -0.25) is 14.6 Å². The van der Waals surface area contributed by atoms with Gasteiger partial charge in [0.05, 0.1) is 24.2 Å². The first-order valence-corrected chi connectivity index (χ1v) is 10.1. The number of benzene rings is 2. The summed E-state index contributed by atoms with van der Waals surface area (Å²) >= 11 is 5.63. The maximum absolute atomic E-state index is 13.0. The molecule has 8 heteroatoms. The Balaban J connectivity index is 1.32. The Bertz CT molecular complexity index is 1070. The largest absolute Gasteiger partial charge is 0.325 e. The van der Waals surface area contributed by atoms with E-state index < -0.39 is 0 Å². The zero-order valence-corrected chi connectivity index (χ0v) is 17.2. The lowest BCUT2D eigenvalue weighted by atomic mass is 10.3. The molecule has 29 heavy (non-hydrogen) atoms. The van der Waals surface area contributed by atoms with Crippen molar-refractivity contribution < 1.29 is 9.18 Å². The fourth-order valence-electron chi connectivity index (χ4n) is 3.73. The van der Waals surface area contributed by atoms with Crippen LogP contribution in [0.5, 0.6) is 0 Å². The summed E-state index contributed by atoms with van der Waals surface area (Å²) in [7, 11) is 2.00. The van der Waals surface area contributed by atoms with E-state index in [0.717, 1.165) is 48.7 Å². The highest BCUT2D eigenvalue weighted by Gasteiger charge is 2.20. The molecule has 1 saturated heterocycles. The SMILES string of the molecule is Cn1c(=S)n(CN2CCN(CC(=O)Nc3ccc(F)cc3)CC2)c2ccccc21. The van der Waals surface area contributed by atoms with Crippen molar-refractivity contribution in [3.05, 3.63) is 59.1 Å². The first-order valence-electron chi connectivity index (χ1n) is 9.65. The van der Waals surface area contributed by atoms with Crippen molar-refractivity contribution >= 4 is 34.8 Å². The number of halogens is 1. The van der Waals surface area contributed by atoms with Crippen LogP contribution in [0, 0.1) is 10.6 Å². The molecule has 3 aromatic rings. The number of carbonyl (C=O) groups excluding carboxylic acids is 1. The molecule has 0 atom stereocenters. The van der Waals surface area contributed by atoms with Crippen LogP contribution in [0.3, 0.4) is 0 Å². The molecule has 0 spiro atoms. The zero-order valence-electron chi connectivity index (χ0n) is 16.3. The van der Waals surface area contributed by atoms with E-state index in [-0.39, 0.29) is 11.7 Å².